The number of rotatable bonds is 6. The second kappa shape index (κ2) is 7.82. The number of amides is 3. The summed E-state index contributed by atoms with van der Waals surface area (Å²) in [6, 6.07) is 6.36. The van der Waals surface area contributed by atoms with Gasteiger partial charge < -0.3 is 25.4 Å². The summed E-state index contributed by atoms with van der Waals surface area (Å²) in [6.07, 6.45) is 0.893. The van der Waals surface area contributed by atoms with Crippen LogP contribution < -0.4 is 20.3 Å². The molecule has 0 bridgehead atoms. The number of methoxy groups -OCH3 is 1. The maximum Gasteiger partial charge on any atom is 0.315 e. The van der Waals surface area contributed by atoms with E-state index in [9.17, 15) is 9.59 Å². The van der Waals surface area contributed by atoms with Crippen LogP contribution in [0.3, 0.4) is 0 Å². The van der Waals surface area contributed by atoms with E-state index in [2.05, 4.69) is 10.6 Å². The van der Waals surface area contributed by atoms with Gasteiger partial charge in [-0.25, -0.2) is 4.79 Å². The average Bonchev–Trinajstić information content (AvgIpc) is 2.92. The fourth-order valence-electron chi connectivity index (χ4n) is 2.52. The Hall–Kier alpha value is -2.28. The lowest BCUT2D eigenvalue weighted by molar-refractivity contribution is -0.117. The molecule has 1 heterocycles. The topological polar surface area (TPSA) is 90.9 Å². The Bertz CT molecular complexity index is 560. The van der Waals surface area contributed by atoms with E-state index in [1.807, 2.05) is 25.1 Å². The summed E-state index contributed by atoms with van der Waals surface area (Å²) in [4.78, 5) is 25.7. The fourth-order valence-corrected chi connectivity index (χ4v) is 2.52. The molecule has 7 heteroatoms. The first-order valence-electron chi connectivity index (χ1n) is 7.69. The molecule has 0 aliphatic carbocycles. The summed E-state index contributed by atoms with van der Waals surface area (Å²) < 4.78 is 5.17. The van der Waals surface area contributed by atoms with Gasteiger partial charge in [-0.2, -0.15) is 0 Å². The van der Waals surface area contributed by atoms with Gasteiger partial charge in [-0.3, -0.25) is 4.79 Å². The van der Waals surface area contributed by atoms with Gasteiger partial charge in [0.2, 0.25) is 5.91 Å². The normalized spacial score (nSPS) is 18.7. The minimum absolute atomic E-state index is 0.0437. The van der Waals surface area contributed by atoms with Crippen molar-refractivity contribution in [3.05, 3.63) is 24.3 Å². The molecule has 7 nitrogen and oxygen atoms in total. The van der Waals surface area contributed by atoms with Crippen molar-refractivity contribution in [2.45, 2.75) is 31.8 Å². The number of nitrogens with zero attached hydrogens (tertiary/aromatic N) is 1. The quantitative estimate of drug-likeness (QED) is 0.725. The first kappa shape index (κ1) is 17.1. The SMILES string of the molecule is CC[C@H](CO)NC(=O)N[C@@H]1CC(=O)N(c2cccc(OC)c2)C1. The van der Waals surface area contributed by atoms with Crippen LogP contribution in [0.1, 0.15) is 19.8 Å². The lowest BCUT2D eigenvalue weighted by Crippen LogP contribution is -2.48. The molecule has 1 aromatic rings. The van der Waals surface area contributed by atoms with E-state index in [4.69, 9.17) is 9.84 Å². The second-order valence-electron chi connectivity index (χ2n) is 5.51. The molecule has 0 spiro atoms. The molecule has 1 aliphatic heterocycles. The third kappa shape index (κ3) is 4.35. The highest BCUT2D eigenvalue weighted by atomic mass is 16.5. The van der Waals surface area contributed by atoms with E-state index >= 15 is 0 Å². The fraction of sp³-hybridized carbons (Fsp3) is 0.500. The van der Waals surface area contributed by atoms with Crippen LogP contribution in [0.25, 0.3) is 0 Å². The lowest BCUT2D eigenvalue weighted by Gasteiger charge is -2.19. The van der Waals surface area contributed by atoms with Crippen LogP contribution in [0.4, 0.5) is 10.5 Å². The van der Waals surface area contributed by atoms with E-state index in [0.29, 0.717) is 18.7 Å². The van der Waals surface area contributed by atoms with Crippen molar-refractivity contribution < 1.29 is 19.4 Å². The monoisotopic (exact) mass is 321 g/mol. The van der Waals surface area contributed by atoms with Gasteiger partial charge in [0.15, 0.2) is 0 Å². The number of carbonyl (C=O) groups is 2. The number of ether oxygens (including phenoxy) is 1. The molecule has 3 amide bonds. The Balaban J connectivity index is 1.95. The highest BCUT2D eigenvalue weighted by molar-refractivity contribution is 5.97. The third-order valence-corrected chi connectivity index (χ3v) is 3.87. The standard InChI is InChI=1S/C16H23N3O4/c1-3-11(10-20)17-16(22)18-12-7-15(21)19(9-12)13-5-4-6-14(8-13)23-2/h4-6,8,11-12,20H,3,7,9-10H2,1-2H3,(H2,17,18,22)/t11-,12-/m1/s1. The maximum atomic E-state index is 12.2. The molecule has 3 N–H and O–H groups in total. The average molecular weight is 321 g/mol. The molecule has 23 heavy (non-hydrogen) atoms. The van der Waals surface area contributed by atoms with Gasteiger partial charge in [0.25, 0.3) is 0 Å². The van der Waals surface area contributed by atoms with E-state index in [1.54, 1.807) is 18.1 Å². The molecule has 1 aromatic carbocycles. The van der Waals surface area contributed by atoms with Crippen LogP contribution in [0.2, 0.25) is 0 Å². The third-order valence-electron chi connectivity index (χ3n) is 3.87. The van der Waals surface area contributed by atoms with Crippen molar-refractivity contribution in [3.8, 4) is 5.75 Å². The number of urea groups is 1. The maximum absolute atomic E-state index is 12.2. The Morgan fingerprint density at radius 1 is 1.52 bits per heavy atom. The van der Waals surface area contributed by atoms with Crippen LogP contribution >= 0.6 is 0 Å². The van der Waals surface area contributed by atoms with E-state index in [0.717, 1.165) is 5.69 Å². The van der Waals surface area contributed by atoms with Crippen molar-refractivity contribution >= 4 is 17.6 Å². The highest BCUT2D eigenvalue weighted by Crippen LogP contribution is 2.25. The van der Waals surface area contributed by atoms with Gasteiger partial charge in [0.05, 0.1) is 25.8 Å². The van der Waals surface area contributed by atoms with Crippen molar-refractivity contribution in [1.29, 1.82) is 0 Å². The molecule has 2 atom stereocenters. The lowest BCUT2D eigenvalue weighted by atomic mass is 10.2. The van der Waals surface area contributed by atoms with E-state index in [1.165, 1.54) is 0 Å². The number of hydrogen-bond donors (Lipinski definition) is 3. The number of carbonyl (C=O) groups excluding carboxylic acids is 2. The molecular weight excluding hydrogens is 298 g/mol. The predicted octanol–water partition coefficient (Wildman–Crippen LogP) is 0.871. The van der Waals surface area contributed by atoms with Crippen molar-refractivity contribution in [1.82, 2.24) is 10.6 Å². The van der Waals surface area contributed by atoms with Gasteiger partial charge in [0.1, 0.15) is 5.75 Å². The van der Waals surface area contributed by atoms with Crippen molar-refractivity contribution in [2.75, 3.05) is 25.2 Å². The Morgan fingerprint density at radius 3 is 2.96 bits per heavy atom. The predicted molar refractivity (Wildman–Crippen MR) is 86.6 cm³/mol. The smallest absolute Gasteiger partial charge is 0.315 e. The van der Waals surface area contributed by atoms with Crippen LogP contribution in [-0.2, 0) is 4.79 Å². The van der Waals surface area contributed by atoms with Gasteiger partial charge in [-0.15, -0.1) is 0 Å². The molecule has 0 radical (unpaired) electrons. The summed E-state index contributed by atoms with van der Waals surface area (Å²) in [7, 11) is 1.57. The van der Waals surface area contributed by atoms with Gasteiger partial charge in [0, 0.05) is 24.7 Å². The number of nitrogens with one attached hydrogen (secondary N) is 2. The number of benzene rings is 1. The Morgan fingerprint density at radius 2 is 2.30 bits per heavy atom. The second-order valence-corrected chi connectivity index (χ2v) is 5.51. The molecule has 1 fully saturated rings. The largest absolute Gasteiger partial charge is 0.497 e. The summed E-state index contributed by atoms with van der Waals surface area (Å²) in [5, 5.41) is 14.6. The highest BCUT2D eigenvalue weighted by Gasteiger charge is 2.31. The van der Waals surface area contributed by atoms with Gasteiger partial charge >= 0.3 is 6.03 Å². The molecule has 2 rings (SSSR count). The molecule has 0 unspecified atom stereocenters. The molecule has 126 valence electrons. The summed E-state index contributed by atoms with van der Waals surface area (Å²) in [5.74, 6) is 0.635. The minimum Gasteiger partial charge on any atom is -0.497 e. The van der Waals surface area contributed by atoms with E-state index < -0.39 is 0 Å². The zero-order valence-corrected chi connectivity index (χ0v) is 13.4. The van der Waals surface area contributed by atoms with Crippen LogP contribution in [0.5, 0.6) is 5.75 Å². The Labute approximate surface area is 135 Å². The van der Waals surface area contributed by atoms with Crippen molar-refractivity contribution in [2.24, 2.45) is 0 Å². The summed E-state index contributed by atoms with van der Waals surface area (Å²) in [6.45, 7) is 2.18. The van der Waals surface area contributed by atoms with Crippen LogP contribution in [-0.4, -0.2) is 49.4 Å². The summed E-state index contributed by atoms with van der Waals surface area (Å²) in [5.41, 5.74) is 0.751. The summed E-state index contributed by atoms with van der Waals surface area (Å²) >= 11 is 0. The van der Waals surface area contributed by atoms with Gasteiger partial charge in [-0.05, 0) is 18.6 Å². The first-order chi connectivity index (χ1) is 11.1. The Kier molecular flexibility index (Phi) is 5.81. The minimum atomic E-state index is -0.365. The van der Waals surface area contributed by atoms with Crippen molar-refractivity contribution in [3.63, 3.8) is 0 Å². The molecule has 1 aliphatic rings. The van der Waals surface area contributed by atoms with Crippen LogP contribution in [0, 0.1) is 0 Å². The zero-order chi connectivity index (χ0) is 16.8. The molecule has 0 aromatic heterocycles. The van der Waals surface area contributed by atoms with Crippen LogP contribution in [0.15, 0.2) is 24.3 Å². The molecule has 1 saturated heterocycles. The van der Waals surface area contributed by atoms with E-state index in [-0.39, 0.29) is 37.0 Å². The molecular formula is C16H23N3O4. The number of aliphatic hydroxyl groups excluding tert-OH is 1. The molecule has 0 saturated carbocycles. The number of aliphatic hydroxyl groups is 1. The first-order valence-corrected chi connectivity index (χ1v) is 7.69. The van der Waals surface area contributed by atoms with Gasteiger partial charge in [-0.1, -0.05) is 13.0 Å². The number of hydrogen-bond acceptors (Lipinski definition) is 4. The zero-order valence-electron chi connectivity index (χ0n) is 13.4. The number of anilines is 1.